The number of methoxy groups -OCH3 is 1. The number of nitrogens with zero attached hydrogens (tertiary/aromatic N) is 1. The number of ether oxygens (including phenoxy) is 2. The smallest absolute Gasteiger partial charge is 0.349 e. The Morgan fingerprint density at radius 2 is 2.14 bits per heavy atom. The molecule has 1 N–H and O–H groups in total. The van der Waals surface area contributed by atoms with Crippen LogP contribution in [0.4, 0.5) is 0 Å². The van der Waals surface area contributed by atoms with Crippen molar-refractivity contribution in [1.82, 2.24) is 0 Å². The molecule has 2 aromatic rings. The molecule has 108 valence electrons. The minimum absolute atomic E-state index is 0.134. The van der Waals surface area contributed by atoms with Crippen molar-refractivity contribution in [2.45, 2.75) is 13.5 Å². The molecule has 0 saturated carbocycles. The van der Waals surface area contributed by atoms with Gasteiger partial charge in [0.25, 0.3) is 0 Å². The summed E-state index contributed by atoms with van der Waals surface area (Å²) in [7, 11) is 1.53. The van der Waals surface area contributed by atoms with Gasteiger partial charge in [0.2, 0.25) is 0 Å². The van der Waals surface area contributed by atoms with E-state index in [1.165, 1.54) is 18.4 Å². The van der Waals surface area contributed by atoms with Crippen LogP contribution in [0.5, 0.6) is 11.5 Å². The summed E-state index contributed by atoms with van der Waals surface area (Å²) in [4.78, 5) is 12.2. The molecule has 0 spiro atoms. The SMILES string of the molecule is COc1ccc(C#N)cc1COc1cc(C)sc1C(=O)O. The Hall–Kier alpha value is -2.52. The fraction of sp³-hybridized carbons (Fsp3) is 0.200. The summed E-state index contributed by atoms with van der Waals surface area (Å²) >= 11 is 1.17. The molecular weight excluding hydrogens is 290 g/mol. The van der Waals surface area contributed by atoms with E-state index in [-0.39, 0.29) is 11.5 Å². The Morgan fingerprint density at radius 1 is 1.38 bits per heavy atom. The molecule has 6 heteroatoms. The zero-order valence-electron chi connectivity index (χ0n) is 11.5. The van der Waals surface area contributed by atoms with E-state index in [9.17, 15) is 4.79 Å². The van der Waals surface area contributed by atoms with Crippen LogP contribution in [0.3, 0.4) is 0 Å². The zero-order chi connectivity index (χ0) is 15.4. The van der Waals surface area contributed by atoms with Gasteiger partial charge in [0, 0.05) is 10.4 Å². The molecule has 0 saturated heterocycles. The number of nitriles is 1. The number of thiophene rings is 1. The Bertz CT molecular complexity index is 715. The van der Waals surface area contributed by atoms with E-state index in [0.717, 1.165) is 4.88 Å². The third kappa shape index (κ3) is 3.33. The standard InChI is InChI=1S/C15H13NO4S/c1-9-5-13(14(21-9)15(17)18)20-8-11-6-10(7-16)3-4-12(11)19-2/h3-6H,8H2,1-2H3,(H,17,18). The predicted molar refractivity (Wildman–Crippen MR) is 78.1 cm³/mol. The van der Waals surface area contributed by atoms with Crippen molar-refractivity contribution in [2.24, 2.45) is 0 Å². The monoisotopic (exact) mass is 303 g/mol. The van der Waals surface area contributed by atoms with Crippen molar-refractivity contribution in [1.29, 1.82) is 5.26 Å². The lowest BCUT2D eigenvalue weighted by atomic mass is 10.1. The van der Waals surface area contributed by atoms with E-state index in [0.29, 0.717) is 22.6 Å². The van der Waals surface area contributed by atoms with Crippen LogP contribution in [0.1, 0.15) is 25.7 Å². The summed E-state index contributed by atoms with van der Waals surface area (Å²) in [5, 5.41) is 18.0. The van der Waals surface area contributed by atoms with Crippen LogP contribution in [0.25, 0.3) is 0 Å². The van der Waals surface area contributed by atoms with Gasteiger partial charge in [-0.2, -0.15) is 5.26 Å². The molecule has 0 aliphatic rings. The van der Waals surface area contributed by atoms with Crippen molar-refractivity contribution in [3.63, 3.8) is 0 Å². The fourth-order valence-corrected chi connectivity index (χ4v) is 2.66. The molecule has 1 heterocycles. The lowest BCUT2D eigenvalue weighted by Crippen LogP contribution is -2.02. The quantitative estimate of drug-likeness (QED) is 0.917. The molecule has 0 bridgehead atoms. The first-order chi connectivity index (χ1) is 10.0. The zero-order valence-corrected chi connectivity index (χ0v) is 12.4. The van der Waals surface area contributed by atoms with E-state index in [1.54, 1.807) is 24.3 Å². The van der Waals surface area contributed by atoms with Gasteiger partial charge in [0.05, 0.1) is 18.7 Å². The van der Waals surface area contributed by atoms with Crippen molar-refractivity contribution in [2.75, 3.05) is 7.11 Å². The highest BCUT2D eigenvalue weighted by Gasteiger charge is 2.16. The van der Waals surface area contributed by atoms with Gasteiger partial charge in [0.15, 0.2) is 4.88 Å². The summed E-state index contributed by atoms with van der Waals surface area (Å²) in [5.74, 6) is -0.0897. The molecule has 0 aliphatic heterocycles. The summed E-state index contributed by atoms with van der Waals surface area (Å²) in [6, 6.07) is 8.74. The second kappa shape index (κ2) is 6.29. The Kier molecular flexibility index (Phi) is 4.45. The van der Waals surface area contributed by atoms with Crippen LogP contribution in [-0.4, -0.2) is 18.2 Å². The maximum atomic E-state index is 11.1. The van der Waals surface area contributed by atoms with Crippen LogP contribution in [-0.2, 0) is 6.61 Å². The summed E-state index contributed by atoms with van der Waals surface area (Å²) in [5.41, 5.74) is 1.19. The third-order valence-corrected chi connectivity index (χ3v) is 3.83. The molecule has 2 rings (SSSR count). The highest BCUT2D eigenvalue weighted by Crippen LogP contribution is 2.30. The average Bonchev–Trinajstić information content (AvgIpc) is 2.86. The van der Waals surface area contributed by atoms with Gasteiger partial charge in [-0.25, -0.2) is 4.79 Å². The number of aromatic carboxylic acids is 1. The second-order valence-electron chi connectivity index (χ2n) is 4.28. The van der Waals surface area contributed by atoms with Crippen molar-refractivity contribution >= 4 is 17.3 Å². The molecule has 0 unspecified atom stereocenters. The van der Waals surface area contributed by atoms with Crippen LogP contribution in [0, 0.1) is 18.3 Å². The first-order valence-electron chi connectivity index (χ1n) is 6.08. The van der Waals surface area contributed by atoms with Crippen LogP contribution in [0.15, 0.2) is 24.3 Å². The number of carboxylic acids is 1. The molecule has 0 fully saturated rings. The fourth-order valence-electron chi connectivity index (χ4n) is 1.86. The number of aryl methyl sites for hydroxylation is 1. The summed E-state index contributed by atoms with van der Waals surface area (Å²) in [6.45, 7) is 1.95. The van der Waals surface area contributed by atoms with Gasteiger partial charge < -0.3 is 14.6 Å². The Morgan fingerprint density at radius 3 is 2.76 bits per heavy atom. The van der Waals surface area contributed by atoms with E-state index >= 15 is 0 Å². The topological polar surface area (TPSA) is 79.5 Å². The highest BCUT2D eigenvalue weighted by atomic mass is 32.1. The number of carboxylic acid groups (broad SMARTS) is 1. The van der Waals surface area contributed by atoms with Gasteiger partial charge in [0.1, 0.15) is 18.1 Å². The lowest BCUT2D eigenvalue weighted by molar-refractivity contribution is 0.0697. The molecule has 0 amide bonds. The van der Waals surface area contributed by atoms with Gasteiger partial charge in [-0.05, 0) is 31.2 Å². The predicted octanol–water partition coefficient (Wildman–Crippen LogP) is 3.21. The first-order valence-corrected chi connectivity index (χ1v) is 6.90. The van der Waals surface area contributed by atoms with Gasteiger partial charge >= 0.3 is 5.97 Å². The maximum Gasteiger partial charge on any atom is 0.349 e. The van der Waals surface area contributed by atoms with E-state index in [4.69, 9.17) is 19.8 Å². The van der Waals surface area contributed by atoms with E-state index in [1.807, 2.05) is 13.0 Å². The number of hydrogen-bond acceptors (Lipinski definition) is 5. The first kappa shape index (κ1) is 14.9. The molecule has 0 radical (unpaired) electrons. The second-order valence-corrected chi connectivity index (χ2v) is 5.54. The molecule has 0 aliphatic carbocycles. The molecular formula is C15H13NO4S. The number of carbonyl (C=O) groups is 1. The Balaban J connectivity index is 2.24. The minimum Gasteiger partial charge on any atom is -0.496 e. The number of hydrogen-bond donors (Lipinski definition) is 1. The summed E-state index contributed by atoms with van der Waals surface area (Å²) in [6.07, 6.45) is 0. The van der Waals surface area contributed by atoms with E-state index in [2.05, 4.69) is 0 Å². The lowest BCUT2D eigenvalue weighted by Gasteiger charge is -2.10. The van der Waals surface area contributed by atoms with Gasteiger partial charge in [-0.3, -0.25) is 0 Å². The normalized spacial score (nSPS) is 9.95. The van der Waals surface area contributed by atoms with Crippen molar-refractivity contribution in [3.05, 3.63) is 45.1 Å². The van der Waals surface area contributed by atoms with Crippen LogP contribution >= 0.6 is 11.3 Å². The van der Waals surface area contributed by atoms with Crippen molar-refractivity contribution in [3.8, 4) is 17.6 Å². The average molecular weight is 303 g/mol. The largest absolute Gasteiger partial charge is 0.496 e. The molecule has 5 nitrogen and oxygen atoms in total. The van der Waals surface area contributed by atoms with Gasteiger partial charge in [-0.15, -0.1) is 11.3 Å². The van der Waals surface area contributed by atoms with E-state index < -0.39 is 5.97 Å². The van der Waals surface area contributed by atoms with Crippen molar-refractivity contribution < 1.29 is 19.4 Å². The maximum absolute atomic E-state index is 11.1. The molecule has 0 atom stereocenters. The summed E-state index contributed by atoms with van der Waals surface area (Å²) < 4.78 is 10.8. The van der Waals surface area contributed by atoms with Crippen LogP contribution in [0.2, 0.25) is 0 Å². The molecule has 1 aromatic heterocycles. The Labute approximate surface area is 126 Å². The number of benzene rings is 1. The molecule has 21 heavy (non-hydrogen) atoms. The van der Waals surface area contributed by atoms with Gasteiger partial charge in [-0.1, -0.05) is 0 Å². The number of rotatable bonds is 5. The third-order valence-electron chi connectivity index (χ3n) is 2.81. The van der Waals surface area contributed by atoms with Crippen LogP contribution < -0.4 is 9.47 Å². The highest BCUT2D eigenvalue weighted by molar-refractivity contribution is 7.14. The minimum atomic E-state index is -1.01. The molecule has 1 aromatic carbocycles.